The number of fused-ring (bicyclic) bond motifs is 2. The van der Waals surface area contributed by atoms with Crippen LogP contribution in [-0.2, 0) is 9.59 Å². The van der Waals surface area contributed by atoms with Gasteiger partial charge in [-0.15, -0.1) is 0 Å². The van der Waals surface area contributed by atoms with Gasteiger partial charge in [-0.1, -0.05) is 6.92 Å². The number of hydrogen-bond donors (Lipinski definition) is 2. The zero-order valence-electron chi connectivity index (χ0n) is 16.2. The molecule has 0 radical (unpaired) electrons. The molecule has 1 fully saturated rings. The molecule has 1 aromatic carbocycles. The van der Waals surface area contributed by atoms with Crippen LogP contribution in [0, 0.1) is 18.8 Å². The van der Waals surface area contributed by atoms with Gasteiger partial charge in [-0.2, -0.15) is 0 Å². The second kappa shape index (κ2) is 6.73. The molecule has 1 amide bonds. The van der Waals surface area contributed by atoms with E-state index in [0.717, 1.165) is 10.9 Å². The Morgan fingerprint density at radius 3 is 2.69 bits per heavy atom. The predicted molar refractivity (Wildman–Crippen MR) is 102 cm³/mol. The van der Waals surface area contributed by atoms with Crippen molar-refractivity contribution in [3.8, 4) is 5.75 Å². The number of benzene rings is 1. The minimum Gasteiger partial charge on any atom is -0.489 e. The van der Waals surface area contributed by atoms with Crippen molar-refractivity contribution < 1.29 is 29.0 Å². The molecule has 1 aromatic heterocycles. The number of aryl methyl sites for hydroxylation is 1. The van der Waals surface area contributed by atoms with E-state index in [2.05, 4.69) is 0 Å². The topological polar surface area (TPSA) is 117 Å². The van der Waals surface area contributed by atoms with E-state index in [0.29, 0.717) is 16.9 Å². The molecular formula is C21H21NO7. The van der Waals surface area contributed by atoms with Crippen LogP contribution in [0.4, 0.5) is 0 Å². The normalized spacial score (nSPS) is 24.5. The van der Waals surface area contributed by atoms with E-state index in [1.54, 1.807) is 18.2 Å². The maximum absolute atomic E-state index is 12.4. The lowest BCUT2D eigenvalue weighted by Gasteiger charge is -2.46. The average Bonchev–Trinajstić information content (AvgIpc) is 2.88. The van der Waals surface area contributed by atoms with Gasteiger partial charge in [-0.25, -0.2) is 9.59 Å². The van der Waals surface area contributed by atoms with Gasteiger partial charge >= 0.3 is 11.6 Å². The molecule has 8 heteroatoms. The zero-order valence-corrected chi connectivity index (χ0v) is 16.2. The summed E-state index contributed by atoms with van der Waals surface area (Å²) in [6.45, 7) is 5.14. The van der Waals surface area contributed by atoms with E-state index in [1.165, 1.54) is 17.9 Å². The number of carboxylic acids is 1. The maximum Gasteiger partial charge on any atom is 0.352 e. The third-order valence-corrected chi connectivity index (χ3v) is 5.84. The molecule has 1 saturated heterocycles. The van der Waals surface area contributed by atoms with E-state index in [9.17, 15) is 24.6 Å². The van der Waals surface area contributed by atoms with Gasteiger partial charge in [0, 0.05) is 29.0 Å². The fourth-order valence-electron chi connectivity index (χ4n) is 4.39. The van der Waals surface area contributed by atoms with E-state index < -0.39 is 23.6 Å². The molecule has 2 aromatic rings. The largest absolute Gasteiger partial charge is 0.489 e. The summed E-state index contributed by atoms with van der Waals surface area (Å²) < 4.78 is 11.0. The molecule has 2 N–H and O–H groups in total. The van der Waals surface area contributed by atoms with Crippen LogP contribution >= 0.6 is 0 Å². The van der Waals surface area contributed by atoms with Crippen LogP contribution in [0.2, 0.25) is 0 Å². The lowest BCUT2D eigenvalue weighted by molar-refractivity contribution is -0.163. The van der Waals surface area contributed by atoms with Gasteiger partial charge in [0.1, 0.15) is 23.6 Å². The number of aliphatic carboxylic acids is 1. The molecule has 0 aliphatic carbocycles. The minimum absolute atomic E-state index is 0.0306. The summed E-state index contributed by atoms with van der Waals surface area (Å²) in [6.07, 6.45) is -0.854. The molecule has 8 nitrogen and oxygen atoms in total. The Labute approximate surface area is 166 Å². The first-order valence-corrected chi connectivity index (χ1v) is 9.35. The smallest absolute Gasteiger partial charge is 0.352 e. The van der Waals surface area contributed by atoms with Gasteiger partial charge in [0.05, 0.1) is 18.1 Å². The number of amides is 1. The van der Waals surface area contributed by atoms with Crippen LogP contribution in [0.3, 0.4) is 0 Å². The standard InChI is InChI=1S/C21H21NO7/c1-9-6-16(24)29-15-7-12(4-5-13(9)15)28-8-14-10(2)18-17(11(3)23)20(25)22(18)19(14)21(26)27/h4-7,10-11,17-18,23H,8H2,1-3H3,(H,26,27)/t10-,11+,17+,18-/m0/s1. The van der Waals surface area contributed by atoms with Crippen LogP contribution in [0.25, 0.3) is 11.0 Å². The number of aliphatic hydroxyl groups is 1. The minimum atomic E-state index is -1.20. The molecule has 29 heavy (non-hydrogen) atoms. The molecule has 152 valence electrons. The van der Waals surface area contributed by atoms with Crippen molar-refractivity contribution in [1.82, 2.24) is 4.90 Å². The van der Waals surface area contributed by atoms with Crippen molar-refractivity contribution in [3.05, 3.63) is 51.5 Å². The van der Waals surface area contributed by atoms with Crippen molar-refractivity contribution in [1.29, 1.82) is 0 Å². The highest BCUT2D eigenvalue weighted by Crippen LogP contribution is 2.47. The van der Waals surface area contributed by atoms with Crippen LogP contribution in [-0.4, -0.2) is 45.7 Å². The monoisotopic (exact) mass is 399 g/mol. The molecule has 4 rings (SSSR count). The quantitative estimate of drug-likeness (QED) is 0.580. The van der Waals surface area contributed by atoms with Crippen molar-refractivity contribution in [2.24, 2.45) is 11.8 Å². The first-order chi connectivity index (χ1) is 13.7. The summed E-state index contributed by atoms with van der Waals surface area (Å²) in [6, 6.07) is 6.10. The third-order valence-electron chi connectivity index (χ3n) is 5.84. The SMILES string of the molecule is Cc1cc(=O)oc2cc(OCC3=C(C(=O)O)N4C(=O)[C@H]([C@@H](C)O)[C@@H]4[C@H]3C)ccc12. The summed E-state index contributed by atoms with van der Waals surface area (Å²) >= 11 is 0. The first kappa shape index (κ1) is 19.2. The third kappa shape index (κ3) is 2.91. The highest BCUT2D eigenvalue weighted by Gasteiger charge is 2.59. The molecule has 0 saturated carbocycles. The Morgan fingerprint density at radius 1 is 1.31 bits per heavy atom. The lowest BCUT2D eigenvalue weighted by Crippen LogP contribution is -2.63. The molecule has 2 aliphatic heterocycles. The number of carboxylic acid groups (broad SMARTS) is 1. The second-order valence-electron chi connectivity index (χ2n) is 7.63. The molecule has 0 spiro atoms. The first-order valence-electron chi connectivity index (χ1n) is 9.35. The second-order valence-corrected chi connectivity index (χ2v) is 7.63. The Kier molecular flexibility index (Phi) is 4.46. The fraction of sp³-hybridized carbons (Fsp3) is 0.381. The van der Waals surface area contributed by atoms with Gasteiger partial charge < -0.3 is 24.3 Å². The van der Waals surface area contributed by atoms with Gasteiger partial charge in [0.15, 0.2) is 0 Å². The predicted octanol–water partition coefficient (Wildman–Crippen LogP) is 1.68. The average molecular weight is 399 g/mol. The van der Waals surface area contributed by atoms with Crippen LogP contribution in [0.1, 0.15) is 19.4 Å². The van der Waals surface area contributed by atoms with Crippen molar-refractivity contribution in [3.63, 3.8) is 0 Å². The number of carbonyl (C=O) groups is 2. The zero-order chi connectivity index (χ0) is 21.0. The number of hydrogen-bond acceptors (Lipinski definition) is 6. The summed E-state index contributed by atoms with van der Waals surface area (Å²) in [5.41, 5.74) is 1.12. The van der Waals surface area contributed by atoms with E-state index in [-0.39, 0.29) is 30.2 Å². The highest BCUT2D eigenvalue weighted by molar-refractivity contribution is 6.00. The number of nitrogens with zero attached hydrogens (tertiary/aromatic N) is 1. The molecular weight excluding hydrogens is 378 g/mol. The van der Waals surface area contributed by atoms with Gasteiger partial charge in [-0.3, -0.25) is 4.79 Å². The number of β-lactam (4-membered cyclic amide) rings is 1. The van der Waals surface area contributed by atoms with Gasteiger partial charge in [0.2, 0.25) is 5.91 Å². The Bertz CT molecular complexity index is 1110. The molecule has 3 heterocycles. The lowest BCUT2D eigenvalue weighted by atomic mass is 9.78. The summed E-state index contributed by atoms with van der Waals surface area (Å²) in [5.74, 6) is -2.04. The number of carbonyl (C=O) groups excluding carboxylic acids is 1. The summed E-state index contributed by atoms with van der Waals surface area (Å²) in [7, 11) is 0. The molecule has 4 atom stereocenters. The van der Waals surface area contributed by atoms with Gasteiger partial charge in [0.25, 0.3) is 0 Å². The van der Waals surface area contributed by atoms with E-state index in [1.807, 2.05) is 13.8 Å². The van der Waals surface area contributed by atoms with Crippen molar-refractivity contribution in [2.75, 3.05) is 6.61 Å². The highest BCUT2D eigenvalue weighted by atomic mass is 16.5. The molecule has 2 aliphatic rings. The van der Waals surface area contributed by atoms with E-state index >= 15 is 0 Å². The molecule has 0 bridgehead atoms. The fourth-order valence-corrected chi connectivity index (χ4v) is 4.39. The summed E-state index contributed by atoms with van der Waals surface area (Å²) in [4.78, 5) is 37.0. The van der Waals surface area contributed by atoms with Crippen LogP contribution in [0.15, 0.2) is 44.7 Å². The number of rotatable bonds is 5. The van der Waals surface area contributed by atoms with Crippen LogP contribution in [0.5, 0.6) is 5.75 Å². The summed E-state index contributed by atoms with van der Waals surface area (Å²) in [5, 5.41) is 20.3. The van der Waals surface area contributed by atoms with Crippen LogP contribution < -0.4 is 10.4 Å². The maximum atomic E-state index is 12.4. The molecule has 0 unspecified atom stereocenters. The Morgan fingerprint density at radius 2 is 2.03 bits per heavy atom. The number of aliphatic hydroxyl groups excluding tert-OH is 1. The van der Waals surface area contributed by atoms with E-state index in [4.69, 9.17) is 9.15 Å². The van der Waals surface area contributed by atoms with Crippen molar-refractivity contribution >= 4 is 22.8 Å². The van der Waals surface area contributed by atoms with Crippen molar-refractivity contribution in [2.45, 2.75) is 32.9 Å². The van der Waals surface area contributed by atoms with Gasteiger partial charge in [-0.05, 0) is 31.5 Å². The number of ether oxygens (including phenoxy) is 1. The Hall–Kier alpha value is -3.13. The Balaban J connectivity index is 1.62.